The van der Waals surface area contributed by atoms with Crippen molar-refractivity contribution in [2.75, 3.05) is 0 Å². The Bertz CT molecular complexity index is 384. The molecule has 4 nitrogen and oxygen atoms in total. The minimum absolute atomic E-state index is 0.369. The number of amides is 1. The van der Waals surface area contributed by atoms with Crippen molar-refractivity contribution < 1.29 is 14.7 Å². The zero-order chi connectivity index (χ0) is 12.0. The van der Waals surface area contributed by atoms with E-state index < -0.39 is 12.0 Å². The second-order valence-corrected chi connectivity index (χ2v) is 4.14. The van der Waals surface area contributed by atoms with E-state index in [4.69, 9.17) is 5.11 Å². The highest BCUT2D eigenvalue weighted by Gasteiger charge is 2.15. The van der Waals surface area contributed by atoms with Crippen LogP contribution in [0.1, 0.15) is 18.2 Å². The Kier molecular flexibility index (Phi) is 4.72. The van der Waals surface area contributed by atoms with Gasteiger partial charge in [0.05, 0.1) is 0 Å². The lowest BCUT2D eigenvalue weighted by atomic mass is 10.2. The molecule has 0 aliphatic rings. The summed E-state index contributed by atoms with van der Waals surface area (Å²) in [5, 5.41) is 13.1. The molecule has 1 amide bonds. The molecule has 0 fully saturated rings. The standard InChI is InChI=1S/C11H13NO3S/c1-2-9(11(14)15)12-10(13)6-5-8-4-3-7-16-8/h3-7,9H,2H2,1H3,(H,12,13)(H,14,15)/b6-5+. The van der Waals surface area contributed by atoms with E-state index in [1.807, 2.05) is 17.5 Å². The van der Waals surface area contributed by atoms with Crippen molar-refractivity contribution in [2.24, 2.45) is 0 Å². The maximum Gasteiger partial charge on any atom is 0.326 e. The van der Waals surface area contributed by atoms with Crippen molar-refractivity contribution in [3.8, 4) is 0 Å². The van der Waals surface area contributed by atoms with Gasteiger partial charge in [0.2, 0.25) is 5.91 Å². The summed E-state index contributed by atoms with van der Waals surface area (Å²) in [7, 11) is 0. The van der Waals surface area contributed by atoms with Crippen LogP contribution < -0.4 is 5.32 Å². The molecule has 0 aliphatic heterocycles. The Labute approximate surface area is 97.6 Å². The van der Waals surface area contributed by atoms with Crippen molar-refractivity contribution >= 4 is 29.3 Å². The van der Waals surface area contributed by atoms with Gasteiger partial charge in [-0.25, -0.2) is 4.79 Å². The minimum Gasteiger partial charge on any atom is -0.480 e. The summed E-state index contributed by atoms with van der Waals surface area (Å²) < 4.78 is 0. The van der Waals surface area contributed by atoms with Gasteiger partial charge in [0.25, 0.3) is 0 Å². The second-order valence-electron chi connectivity index (χ2n) is 3.16. The van der Waals surface area contributed by atoms with Crippen LogP contribution in [0.15, 0.2) is 23.6 Å². The molecule has 0 spiro atoms. The summed E-state index contributed by atoms with van der Waals surface area (Å²) in [4.78, 5) is 23.0. The van der Waals surface area contributed by atoms with E-state index in [9.17, 15) is 9.59 Å². The van der Waals surface area contributed by atoms with Gasteiger partial charge < -0.3 is 10.4 Å². The lowest BCUT2D eigenvalue weighted by Gasteiger charge is -2.09. The maximum atomic E-state index is 11.4. The quantitative estimate of drug-likeness (QED) is 0.769. The number of thiophene rings is 1. The minimum atomic E-state index is -1.01. The molecule has 1 aromatic heterocycles. The molecule has 0 saturated carbocycles. The van der Waals surface area contributed by atoms with Crippen LogP contribution in [0.4, 0.5) is 0 Å². The van der Waals surface area contributed by atoms with Gasteiger partial charge in [-0.3, -0.25) is 4.79 Å². The number of carboxylic acids is 1. The molecule has 0 radical (unpaired) electrons. The molecule has 0 saturated heterocycles. The monoisotopic (exact) mass is 239 g/mol. The Morgan fingerprint density at radius 1 is 1.62 bits per heavy atom. The Morgan fingerprint density at radius 2 is 2.38 bits per heavy atom. The van der Waals surface area contributed by atoms with Crippen LogP contribution in [0.25, 0.3) is 6.08 Å². The van der Waals surface area contributed by atoms with Gasteiger partial charge in [0.1, 0.15) is 6.04 Å². The number of nitrogens with one attached hydrogen (secondary N) is 1. The fraction of sp³-hybridized carbons (Fsp3) is 0.273. The van der Waals surface area contributed by atoms with E-state index in [0.717, 1.165) is 4.88 Å². The van der Waals surface area contributed by atoms with E-state index in [1.54, 1.807) is 13.0 Å². The number of carbonyl (C=O) groups excluding carboxylic acids is 1. The van der Waals surface area contributed by atoms with Crippen molar-refractivity contribution in [1.82, 2.24) is 5.32 Å². The molecule has 1 rings (SSSR count). The smallest absolute Gasteiger partial charge is 0.326 e. The normalized spacial score (nSPS) is 12.6. The van der Waals surface area contributed by atoms with Crippen molar-refractivity contribution in [2.45, 2.75) is 19.4 Å². The number of hydrogen-bond donors (Lipinski definition) is 2. The third-order valence-electron chi connectivity index (χ3n) is 1.96. The van der Waals surface area contributed by atoms with E-state index >= 15 is 0 Å². The molecule has 2 N–H and O–H groups in total. The van der Waals surface area contributed by atoms with Crippen LogP contribution in [-0.4, -0.2) is 23.0 Å². The fourth-order valence-corrected chi connectivity index (χ4v) is 1.72. The molecule has 0 aliphatic carbocycles. The number of carboxylic acid groups (broad SMARTS) is 1. The first-order valence-corrected chi connectivity index (χ1v) is 5.76. The highest BCUT2D eigenvalue weighted by atomic mass is 32.1. The third-order valence-corrected chi connectivity index (χ3v) is 2.80. The molecule has 1 atom stereocenters. The van der Waals surface area contributed by atoms with Crippen LogP contribution in [0, 0.1) is 0 Å². The summed E-state index contributed by atoms with van der Waals surface area (Å²) in [6.45, 7) is 1.71. The molecule has 1 heterocycles. The lowest BCUT2D eigenvalue weighted by molar-refractivity contribution is -0.141. The molecule has 16 heavy (non-hydrogen) atoms. The molecule has 86 valence electrons. The molecule has 1 unspecified atom stereocenters. The Hall–Kier alpha value is -1.62. The Balaban J connectivity index is 2.50. The van der Waals surface area contributed by atoms with Gasteiger partial charge in [0, 0.05) is 11.0 Å². The van der Waals surface area contributed by atoms with Gasteiger partial charge in [-0.05, 0) is 23.9 Å². The summed E-state index contributed by atoms with van der Waals surface area (Å²) in [6.07, 6.45) is 3.37. The number of carbonyl (C=O) groups is 2. The first-order valence-electron chi connectivity index (χ1n) is 4.88. The van der Waals surface area contributed by atoms with Gasteiger partial charge in [-0.2, -0.15) is 0 Å². The van der Waals surface area contributed by atoms with Crippen molar-refractivity contribution in [3.63, 3.8) is 0 Å². The molecule has 1 aromatic rings. The number of rotatable bonds is 5. The largest absolute Gasteiger partial charge is 0.480 e. The SMILES string of the molecule is CCC(NC(=O)/C=C/c1cccs1)C(=O)O. The van der Waals surface area contributed by atoms with E-state index in [0.29, 0.717) is 6.42 Å². The maximum absolute atomic E-state index is 11.4. The van der Waals surface area contributed by atoms with Crippen LogP contribution in [0.3, 0.4) is 0 Å². The zero-order valence-electron chi connectivity index (χ0n) is 8.84. The van der Waals surface area contributed by atoms with Crippen LogP contribution in [-0.2, 0) is 9.59 Å². The first kappa shape index (κ1) is 12.4. The highest BCUT2D eigenvalue weighted by molar-refractivity contribution is 7.10. The van der Waals surface area contributed by atoms with Crippen LogP contribution in [0.5, 0.6) is 0 Å². The van der Waals surface area contributed by atoms with E-state index in [2.05, 4.69) is 5.32 Å². The first-order chi connectivity index (χ1) is 7.63. The van der Waals surface area contributed by atoms with Crippen molar-refractivity contribution in [3.05, 3.63) is 28.5 Å². The second kappa shape index (κ2) is 6.07. The average Bonchev–Trinajstić information content (AvgIpc) is 2.75. The Morgan fingerprint density at radius 3 is 2.88 bits per heavy atom. The van der Waals surface area contributed by atoms with Crippen molar-refractivity contribution in [1.29, 1.82) is 0 Å². The molecule has 0 bridgehead atoms. The fourth-order valence-electron chi connectivity index (χ4n) is 1.10. The topological polar surface area (TPSA) is 66.4 Å². The molecular formula is C11H13NO3S. The molecular weight excluding hydrogens is 226 g/mol. The number of hydrogen-bond acceptors (Lipinski definition) is 3. The summed E-state index contributed by atoms with van der Waals surface area (Å²) in [5.41, 5.74) is 0. The zero-order valence-corrected chi connectivity index (χ0v) is 9.66. The van der Waals surface area contributed by atoms with Gasteiger partial charge >= 0.3 is 5.97 Å². The van der Waals surface area contributed by atoms with Crippen LogP contribution >= 0.6 is 11.3 Å². The van der Waals surface area contributed by atoms with Crippen LogP contribution in [0.2, 0.25) is 0 Å². The predicted molar refractivity (Wildman–Crippen MR) is 63.2 cm³/mol. The third kappa shape index (κ3) is 3.86. The van der Waals surface area contributed by atoms with Gasteiger partial charge in [0.15, 0.2) is 0 Å². The molecule has 0 aromatic carbocycles. The molecule has 5 heteroatoms. The summed E-state index contributed by atoms with van der Waals surface area (Å²) in [6, 6.07) is 2.94. The predicted octanol–water partition coefficient (Wildman–Crippen LogP) is 1.74. The summed E-state index contributed by atoms with van der Waals surface area (Å²) in [5.74, 6) is -1.40. The number of aliphatic carboxylic acids is 1. The summed E-state index contributed by atoms with van der Waals surface area (Å²) >= 11 is 1.51. The van der Waals surface area contributed by atoms with Gasteiger partial charge in [-0.15, -0.1) is 11.3 Å². The highest BCUT2D eigenvalue weighted by Crippen LogP contribution is 2.09. The van der Waals surface area contributed by atoms with E-state index in [-0.39, 0.29) is 5.91 Å². The average molecular weight is 239 g/mol. The van der Waals surface area contributed by atoms with Gasteiger partial charge in [-0.1, -0.05) is 13.0 Å². The lowest BCUT2D eigenvalue weighted by Crippen LogP contribution is -2.39. The van der Waals surface area contributed by atoms with E-state index in [1.165, 1.54) is 17.4 Å².